The molecule has 0 unspecified atom stereocenters. The van der Waals surface area contributed by atoms with Crippen molar-refractivity contribution in [2.24, 2.45) is 0 Å². The van der Waals surface area contributed by atoms with Crippen molar-refractivity contribution in [3.8, 4) is 16.5 Å². The van der Waals surface area contributed by atoms with E-state index in [9.17, 15) is 9.59 Å². The Bertz CT molecular complexity index is 863. The number of benzene rings is 1. The maximum atomic E-state index is 11.6. The summed E-state index contributed by atoms with van der Waals surface area (Å²) >= 11 is 1.78. The summed E-state index contributed by atoms with van der Waals surface area (Å²) in [6.07, 6.45) is 1.03. The molecule has 0 bridgehead atoms. The number of ether oxygens (including phenoxy) is 1. The molecule has 0 aliphatic carbocycles. The van der Waals surface area contributed by atoms with Crippen LogP contribution in [-0.2, 0) is 20.7 Å². The van der Waals surface area contributed by atoms with Gasteiger partial charge in [0.25, 0.3) is 0 Å². The molecule has 1 aromatic carbocycles. The van der Waals surface area contributed by atoms with Crippen LogP contribution in [0.1, 0.15) is 31.2 Å². The number of nitrogens with zero attached hydrogens (tertiary/aromatic N) is 2. The number of nitriles is 1. The fourth-order valence-corrected chi connectivity index (χ4v) is 3.14. The summed E-state index contributed by atoms with van der Waals surface area (Å²) < 4.78 is 4.94. The largest absolute Gasteiger partial charge is 0.379 e. The van der Waals surface area contributed by atoms with Gasteiger partial charge in [-0.2, -0.15) is 5.26 Å². The molecule has 2 aromatic rings. The molecule has 1 aliphatic rings. The van der Waals surface area contributed by atoms with Crippen LogP contribution in [0, 0.1) is 18.3 Å². The van der Waals surface area contributed by atoms with E-state index in [4.69, 9.17) is 10.00 Å². The van der Waals surface area contributed by atoms with Gasteiger partial charge in [-0.15, -0.1) is 11.3 Å². The summed E-state index contributed by atoms with van der Waals surface area (Å²) in [5, 5.41) is 9.88. The number of hydrogen-bond acceptors (Lipinski definition) is 5. The monoisotopic (exact) mass is 415 g/mol. The average Bonchev–Trinajstić information content (AvgIpc) is 3.24. The lowest BCUT2D eigenvalue weighted by atomic mass is 10.1. The second-order valence-electron chi connectivity index (χ2n) is 7.36. The highest BCUT2D eigenvalue weighted by Gasteiger charge is 2.24. The van der Waals surface area contributed by atoms with Gasteiger partial charge in [0.1, 0.15) is 6.54 Å². The van der Waals surface area contributed by atoms with E-state index < -0.39 is 0 Å². The minimum Gasteiger partial charge on any atom is -0.379 e. The van der Waals surface area contributed by atoms with E-state index in [0.717, 1.165) is 11.3 Å². The fraction of sp³-hybridized carbons (Fsp3) is 0.409. The Morgan fingerprint density at radius 1 is 1.31 bits per heavy atom. The van der Waals surface area contributed by atoms with Crippen LogP contribution in [0.5, 0.6) is 0 Å². The summed E-state index contributed by atoms with van der Waals surface area (Å²) in [7, 11) is 3.55. The molecule has 1 aliphatic heterocycles. The first-order chi connectivity index (χ1) is 13.6. The summed E-state index contributed by atoms with van der Waals surface area (Å²) in [6.45, 7) is 8.27. The normalized spacial score (nSPS) is 12.0. The van der Waals surface area contributed by atoms with Crippen molar-refractivity contribution in [2.75, 3.05) is 25.6 Å². The first kappa shape index (κ1) is 24.3. The van der Waals surface area contributed by atoms with E-state index in [1.165, 1.54) is 15.3 Å². The Morgan fingerprint density at radius 2 is 1.97 bits per heavy atom. The standard InChI is InChI=1S/C14H13NOS.C5H12O.C3H4N2O/c1-9-3-6-13(17-9)11-5-4-10-8-14(16)15(2)12(10)7-11;1-5(2,3)6-4;4-1-2-5-3-6/h3-7H,8H2,1-2H3;1-4H3;3H,2H2,(H,5,6). The van der Waals surface area contributed by atoms with E-state index in [2.05, 4.69) is 42.6 Å². The molecule has 2 amide bonds. The lowest BCUT2D eigenvalue weighted by Gasteiger charge is -2.14. The number of carbonyl (C=O) groups excluding carboxylic acids is 2. The van der Waals surface area contributed by atoms with E-state index in [0.29, 0.717) is 12.8 Å². The number of nitrogens with one attached hydrogen (secondary N) is 1. The Labute approximate surface area is 177 Å². The van der Waals surface area contributed by atoms with Crippen molar-refractivity contribution >= 4 is 29.3 Å². The van der Waals surface area contributed by atoms with Gasteiger partial charge in [-0.25, -0.2) is 0 Å². The third-order valence-electron chi connectivity index (χ3n) is 4.06. The van der Waals surface area contributed by atoms with Crippen molar-refractivity contribution < 1.29 is 14.3 Å². The minimum absolute atomic E-state index is 0.0417. The number of likely N-dealkylation sites (N-methyl/N-ethyl adjacent to an activating group) is 1. The lowest BCUT2D eigenvalue weighted by Crippen LogP contribution is -2.20. The number of carbonyl (C=O) groups is 2. The van der Waals surface area contributed by atoms with Gasteiger partial charge in [0.2, 0.25) is 12.3 Å². The third kappa shape index (κ3) is 8.06. The van der Waals surface area contributed by atoms with Crippen molar-refractivity contribution in [1.29, 1.82) is 5.26 Å². The number of anilines is 1. The van der Waals surface area contributed by atoms with Crippen LogP contribution in [-0.4, -0.2) is 38.6 Å². The zero-order valence-corrected chi connectivity index (χ0v) is 18.7. The molecule has 0 saturated heterocycles. The van der Waals surface area contributed by atoms with Crippen LogP contribution in [0.15, 0.2) is 30.3 Å². The van der Waals surface area contributed by atoms with E-state index in [1.807, 2.05) is 27.8 Å². The number of amides is 2. The molecule has 29 heavy (non-hydrogen) atoms. The van der Waals surface area contributed by atoms with Crippen LogP contribution in [0.25, 0.3) is 10.4 Å². The average molecular weight is 416 g/mol. The highest BCUT2D eigenvalue weighted by molar-refractivity contribution is 7.15. The predicted molar refractivity (Wildman–Crippen MR) is 118 cm³/mol. The van der Waals surface area contributed by atoms with Gasteiger partial charge in [0.15, 0.2) is 0 Å². The maximum Gasteiger partial charge on any atom is 0.231 e. The highest BCUT2D eigenvalue weighted by Crippen LogP contribution is 2.34. The molecule has 156 valence electrons. The molecule has 2 heterocycles. The SMILES string of the molecule is COC(C)(C)C.Cc1ccc(-c2ccc3c(c2)N(C)C(=O)C3)s1.N#CCNC=O. The summed E-state index contributed by atoms with van der Waals surface area (Å²) in [6, 6.07) is 12.3. The van der Waals surface area contributed by atoms with Gasteiger partial charge in [-0.1, -0.05) is 12.1 Å². The van der Waals surface area contributed by atoms with Gasteiger partial charge in [-0.3, -0.25) is 9.59 Å². The summed E-state index contributed by atoms with van der Waals surface area (Å²) in [5.41, 5.74) is 3.43. The van der Waals surface area contributed by atoms with Crippen LogP contribution >= 0.6 is 11.3 Å². The van der Waals surface area contributed by atoms with Crippen molar-refractivity contribution in [1.82, 2.24) is 5.32 Å². The van der Waals surface area contributed by atoms with Gasteiger partial charge in [0, 0.05) is 29.6 Å². The number of methoxy groups -OCH3 is 1. The van der Waals surface area contributed by atoms with Crippen LogP contribution in [0.4, 0.5) is 5.69 Å². The molecule has 0 radical (unpaired) electrons. The molecule has 6 nitrogen and oxygen atoms in total. The number of hydrogen-bond donors (Lipinski definition) is 1. The van der Waals surface area contributed by atoms with Gasteiger partial charge in [0.05, 0.1) is 18.1 Å². The zero-order valence-electron chi connectivity index (χ0n) is 17.9. The molecular formula is C22H29N3O3S. The fourth-order valence-electron chi connectivity index (χ4n) is 2.27. The van der Waals surface area contributed by atoms with Crippen molar-refractivity contribution in [3.05, 3.63) is 40.8 Å². The summed E-state index contributed by atoms with van der Waals surface area (Å²) in [4.78, 5) is 25.2. The van der Waals surface area contributed by atoms with Crippen molar-refractivity contribution in [3.63, 3.8) is 0 Å². The second-order valence-corrected chi connectivity index (χ2v) is 8.64. The molecule has 1 N–H and O–H groups in total. The van der Waals surface area contributed by atoms with Gasteiger partial charge < -0.3 is 15.0 Å². The van der Waals surface area contributed by atoms with E-state index in [1.54, 1.807) is 29.4 Å². The van der Waals surface area contributed by atoms with E-state index in [-0.39, 0.29) is 18.1 Å². The van der Waals surface area contributed by atoms with Gasteiger partial charge >= 0.3 is 0 Å². The molecule has 0 atom stereocenters. The smallest absolute Gasteiger partial charge is 0.231 e. The molecular weight excluding hydrogens is 386 g/mol. The van der Waals surface area contributed by atoms with Crippen LogP contribution in [0.2, 0.25) is 0 Å². The molecule has 7 heteroatoms. The second kappa shape index (κ2) is 11.3. The Hall–Kier alpha value is -2.69. The molecule has 0 saturated carbocycles. The number of aryl methyl sites for hydroxylation is 1. The number of thiophene rings is 1. The quantitative estimate of drug-likeness (QED) is 0.468. The third-order valence-corrected chi connectivity index (χ3v) is 5.11. The first-order valence-electron chi connectivity index (χ1n) is 9.18. The maximum absolute atomic E-state index is 11.6. The van der Waals surface area contributed by atoms with E-state index >= 15 is 0 Å². The van der Waals surface area contributed by atoms with Gasteiger partial charge in [-0.05, 0) is 57.0 Å². The molecule has 0 fully saturated rings. The van der Waals surface area contributed by atoms with Crippen molar-refractivity contribution in [2.45, 2.75) is 39.7 Å². The lowest BCUT2D eigenvalue weighted by molar-refractivity contribution is -0.117. The van der Waals surface area contributed by atoms with Crippen LogP contribution in [0.3, 0.4) is 0 Å². The van der Waals surface area contributed by atoms with Crippen LogP contribution < -0.4 is 10.2 Å². The topological polar surface area (TPSA) is 82.4 Å². The first-order valence-corrected chi connectivity index (χ1v) is 10.00. The molecule has 1 aromatic heterocycles. The zero-order chi connectivity index (χ0) is 22.0. The number of rotatable bonds is 3. The Balaban J connectivity index is 0.000000293. The Morgan fingerprint density at radius 3 is 2.41 bits per heavy atom. The summed E-state index contributed by atoms with van der Waals surface area (Å²) in [5.74, 6) is 0.180. The Kier molecular flexibility index (Phi) is 9.53. The predicted octanol–water partition coefficient (Wildman–Crippen LogP) is 3.93. The number of fused-ring (bicyclic) bond motifs is 1. The molecule has 3 rings (SSSR count). The highest BCUT2D eigenvalue weighted by atomic mass is 32.1. The molecule has 0 spiro atoms. The minimum atomic E-state index is 0.0417.